The highest BCUT2D eigenvalue weighted by molar-refractivity contribution is 6.11. The summed E-state index contributed by atoms with van der Waals surface area (Å²) in [6.07, 6.45) is 3.34. The molecule has 2 N–H and O–H groups in total. The van der Waals surface area contributed by atoms with Crippen LogP contribution in [0.3, 0.4) is 0 Å². The van der Waals surface area contributed by atoms with Crippen molar-refractivity contribution in [3.05, 3.63) is 83.7 Å². The normalized spacial score (nSPS) is 11.7. The molecule has 9 nitrogen and oxygen atoms in total. The first kappa shape index (κ1) is 28.6. The van der Waals surface area contributed by atoms with Crippen LogP contribution < -0.4 is 15.4 Å². The Morgan fingerprint density at radius 3 is 2.50 bits per heavy atom. The van der Waals surface area contributed by atoms with Gasteiger partial charge in [0, 0.05) is 31.5 Å². The quantitative estimate of drug-likeness (QED) is 0.226. The number of hydrogen-bond acceptors (Lipinski definition) is 7. The number of amides is 1. The van der Waals surface area contributed by atoms with Crippen LogP contribution >= 0.6 is 0 Å². The molecule has 2 aromatic heterocycles. The van der Waals surface area contributed by atoms with Gasteiger partial charge >= 0.3 is 5.97 Å². The van der Waals surface area contributed by atoms with Gasteiger partial charge in [0.2, 0.25) is 5.91 Å². The molecular formula is C31H36N4O5. The zero-order valence-corrected chi connectivity index (χ0v) is 23.4. The Morgan fingerprint density at radius 2 is 1.77 bits per heavy atom. The van der Waals surface area contributed by atoms with Gasteiger partial charge in [0.25, 0.3) is 0 Å². The molecule has 4 aromatic rings. The van der Waals surface area contributed by atoms with Crippen molar-refractivity contribution in [1.29, 1.82) is 0 Å². The third kappa shape index (κ3) is 6.98. The third-order valence-electron chi connectivity index (χ3n) is 6.63. The van der Waals surface area contributed by atoms with Crippen LogP contribution in [0.15, 0.2) is 66.9 Å². The van der Waals surface area contributed by atoms with Gasteiger partial charge in [0.1, 0.15) is 11.4 Å². The predicted octanol–water partition coefficient (Wildman–Crippen LogP) is 5.09. The Kier molecular flexibility index (Phi) is 9.75. The third-order valence-corrected chi connectivity index (χ3v) is 6.63. The Labute approximate surface area is 234 Å². The number of fused-ring (bicyclic) bond motifs is 1. The van der Waals surface area contributed by atoms with Crippen LogP contribution in [0.5, 0.6) is 5.75 Å². The van der Waals surface area contributed by atoms with Gasteiger partial charge in [-0.1, -0.05) is 42.5 Å². The highest BCUT2D eigenvalue weighted by Crippen LogP contribution is 2.33. The van der Waals surface area contributed by atoms with Crippen molar-refractivity contribution < 1.29 is 23.8 Å². The van der Waals surface area contributed by atoms with E-state index in [2.05, 4.69) is 28.6 Å². The van der Waals surface area contributed by atoms with Gasteiger partial charge in [0.15, 0.2) is 5.69 Å². The highest BCUT2D eigenvalue weighted by atomic mass is 16.5. The molecule has 0 saturated carbocycles. The van der Waals surface area contributed by atoms with E-state index >= 15 is 0 Å². The fourth-order valence-corrected chi connectivity index (χ4v) is 4.73. The molecule has 0 bridgehead atoms. The van der Waals surface area contributed by atoms with E-state index in [1.165, 1.54) is 7.11 Å². The summed E-state index contributed by atoms with van der Waals surface area (Å²) in [7, 11) is 4.57. The summed E-state index contributed by atoms with van der Waals surface area (Å²) in [6.45, 7) is 2.80. The van der Waals surface area contributed by atoms with E-state index in [1.807, 2.05) is 54.6 Å². The van der Waals surface area contributed by atoms with Gasteiger partial charge in [-0.2, -0.15) is 0 Å². The summed E-state index contributed by atoms with van der Waals surface area (Å²) in [4.78, 5) is 30.8. The number of benzene rings is 2. The number of ether oxygens (including phenoxy) is 3. The molecule has 9 heteroatoms. The minimum atomic E-state index is -0.562. The number of esters is 1. The number of carbonyl (C=O) groups is 2. The maximum absolute atomic E-state index is 13.1. The number of nitrogens with one attached hydrogen (secondary N) is 2. The van der Waals surface area contributed by atoms with E-state index in [-0.39, 0.29) is 24.1 Å². The molecule has 1 atom stereocenters. The standard InChI is InChI=1S/C31H36N4O5/c1-21(17-23-11-8-12-25(18-23)39-3)33-24-19-26-28(34-27(36)14-13-22-9-6-5-7-10-22)29(31(37)40-4)35(15-16-38-2)30(26)32-20-24/h5-12,18-21,33H,13-17H2,1-4H3,(H,34,36)/t21-/m1/s1. The lowest BCUT2D eigenvalue weighted by Gasteiger charge is -2.16. The maximum atomic E-state index is 13.1. The molecule has 2 aromatic carbocycles. The van der Waals surface area contributed by atoms with Gasteiger partial charge in [0.05, 0.1) is 38.4 Å². The minimum Gasteiger partial charge on any atom is -0.497 e. The summed E-state index contributed by atoms with van der Waals surface area (Å²) < 4.78 is 17.5. The van der Waals surface area contributed by atoms with E-state index < -0.39 is 5.97 Å². The molecule has 4 rings (SSSR count). The zero-order valence-electron chi connectivity index (χ0n) is 23.4. The van der Waals surface area contributed by atoms with Crippen LogP contribution in [0.1, 0.15) is 35.0 Å². The van der Waals surface area contributed by atoms with E-state index in [9.17, 15) is 9.59 Å². The average Bonchev–Trinajstić information content (AvgIpc) is 3.27. The maximum Gasteiger partial charge on any atom is 0.356 e. The fraction of sp³-hybridized carbons (Fsp3) is 0.323. The summed E-state index contributed by atoms with van der Waals surface area (Å²) in [6, 6.07) is 19.8. The molecule has 2 heterocycles. The van der Waals surface area contributed by atoms with Gasteiger partial charge in [-0.05, 0) is 49.1 Å². The van der Waals surface area contributed by atoms with Crippen molar-refractivity contribution >= 4 is 34.3 Å². The Bertz CT molecular complexity index is 1450. The predicted molar refractivity (Wildman–Crippen MR) is 156 cm³/mol. The number of anilines is 2. The molecule has 1 amide bonds. The molecule has 0 radical (unpaired) electrons. The van der Waals surface area contributed by atoms with Crippen LogP contribution in [0.4, 0.5) is 11.4 Å². The number of methoxy groups -OCH3 is 3. The van der Waals surface area contributed by atoms with Crippen molar-refractivity contribution in [2.45, 2.75) is 38.8 Å². The molecule has 0 saturated heterocycles. The van der Waals surface area contributed by atoms with E-state index in [4.69, 9.17) is 14.2 Å². The largest absolute Gasteiger partial charge is 0.497 e. The summed E-state index contributed by atoms with van der Waals surface area (Å²) in [5.74, 6) is 0.0473. The second-order valence-electron chi connectivity index (χ2n) is 9.59. The lowest BCUT2D eigenvalue weighted by Crippen LogP contribution is -2.18. The average molecular weight is 545 g/mol. The summed E-state index contributed by atoms with van der Waals surface area (Å²) in [5, 5.41) is 7.12. The monoisotopic (exact) mass is 544 g/mol. The van der Waals surface area contributed by atoms with Gasteiger partial charge < -0.3 is 29.4 Å². The number of aryl methyl sites for hydroxylation is 1. The first-order chi connectivity index (χ1) is 19.4. The van der Waals surface area contributed by atoms with Crippen molar-refractivity contribution in [2.24, 2.45) is 0 Å². The first-order valence-corrected chi connectivity index (χ1v) is 13.3. The molecule has 40 heavy (non-hydrogen) atoms. The number of nitrogens with zero attached hydrogens (tertiary/aromatic N) is 2. The van der Waals surface area contributed by atoms with Crippen molar-refractivity contribution in [2.75, 3.05) is 38.6 Å². The topological polar surface area (TPSA) is 104 Å². The number of rotatable bonds is 13. The number of carbonyl (C=O) groups excluding carboxylic acids is 2. The Morgan fingerprint density at radius 1 is 1.00 bits per heavy atom. The number of hydrogen-bond donors (Lipinski definition) is 2. The van der Waals surface area contributed by atoms with Gasteiger partial charge in [-0.3, -0.25) is 4.79 Å². The minimum absolute atomic E-state index is 0.0749. The van der Waals surface area contributed by atoms with Crippen LogP contribution in [0.2, 0.25) is 0 Å². The highest BCUT2D eigenvalue weighted by Gasteiger charge is 2.26. The second-order valence-corrected chi connectivity index (χ2v) is 9.59. The Balaban J connectivity index is 1.64. The smallest absolute Gasteiger partial charge is 0.356 e. The Hall–Kier alpha value is -4.37. The van der Waals surface area contributed by atoms with Crippen LogP contribution in [-0.4, -0.2) is 55.4 Å². The number of aromatic nitrogens is 2. The molecule has 0 fully saturated rings. The molecule has 0 unspecified atom stereocenters. The molecule has 0 aliphatic carbocycles. The second kappa shape index (κ2) is 13.6. The molecular weight excluding hydrogens is 508 g/mol. The van der Waals surface area contributed by atoms with Gasteiger partial charge in [-0.25, -0.2) is 9.78 Å². The lowest BCUT2D eigenvalue weighted by atomic mass is 10.1. The van der Waals surface area contributed by atoms with E-state index in [0.717, 1.165) is 29.0 Å². The number of pyridine rings is 1. The van der Waals surface area contributed by atoms with Crippen molar-refractivity contribution in [3.63, 3.8) is 0 Å². The molecule has 0 spiro atoms. The fourth-order valence-electron chi connectivity index (χ4n) is 4.73. The lowest BCUT2D eigenvalue weighted by molar-refractivity contribution is -0.116. The summed E-state index contributed by atoms with van der Waals surface area (Å²) in [5.41, 5.74) is 4.14. The molecule has 0 aliphatic heterocycles. The zero-order chi connectivity index (χ0) is 28.5. The van der Waals surface area contributed by atoms with E-state index in [1.54, 1.807) is 25.0 Å². The van der Waals surface area contributed by atoms with Crippen LogP contribution in [0.25, 0.3) is 11.0 Å². The molecule has 0 aliphatic rings. The molecule has 210 valence electrons. The van der Waals surface area contributed by atoms with Crippen molar-refractivity contribution in [3.8, 4) is 5.75 Å². The van der Waals surface area contributed by atoms with Crippen LogP contribution in [-0.2, 0) is 33.7 Å². The van der Waals surface area contributed by atoms with Gasteiger partial charge in [-0.15, -0.1) is 0 Å². The first-order valence-electron chi connectivity index (χ1n) is 13.3. The van der Waals surface area contributed by atoms with E-state index in [0.29, 0.717) is 36.3 Å². The van der Waals surface area contributed by atoms with Crippen molar-refractivity contribution in [1.82, 2.24) is 9.55 Å². The summed E-state index contributed by atoms with van der Waals surface area (Å²) >= 11 is 0. The SMILES string of the molecule is COCCn1c(C(=O)OC)c(NC(=O)CCc2ccccc2)c2cc(N[C@H](C)Cc3cccc(OC)c3)cnc21. The van der Waals surface area contributed by atoms with Crippen LogP contribution in [0, 0.1) is 0 Å².